The molecule has 0 radical (unpaired) electrons. The Morgan fingerprint density at radius 3 is 2.32 bits per heavy atom. The second-order valence-electron chi connectivity index (χ2n) is 4.92. The van der Waals surface area contributed by atoms with Crippen LogP contribution in [0.3, 0.4) is 0 Å². The fourth-order valence-corrected chi connectivity index (χ4v) is 1.81. The van der Waals surface area contributed by atoms with Crippen LogP contribution in [0.15, 0.2) is 42.5 Å². The molecule has 0 aliphatic carbocycles. The summed E-state index contributed by atoms with van der Waals surface area (Å²) < 4.78 is 5.89. The van der Waals surface area contributed by atoms with Crippen LogP contribution in [0.25, 0.3) is 0 Å². The molecule has 0 unspecified atom stereocenters. The molecule has 0 atom stereocenters. The molecule has 0 N–H and O–H groups in total. The predicted octanol–water partition coefficient (Wildman–Crippen LogP) is 4.78. The Bertz CT molecular complexity index is 606. The molecule has 0 aliphatic rings. The zero-order chi connectivity index (χ0) is 13.8. The number of hydrogen-bond donors (Lipinski definition) is 0. The number of hydrogen-bond acceptors (Lipinski definition) is 2. The van der Waals surface area contributed by atoms with Gasteiger partial charge in [0.2, 0.25) is 0 Å². The Balaban J connectivity index is 2.27. The smallest absolute Gasteiger partial charge is 0.130 e. The van der Waals surface area contributed by atoms with Crippen molar-refractivity contribution in [1.82, 2.24) is 0 Å². The van der Waals surface area contributed by atoms with Crippen LogP contribution >= 0.6 is 0 Å². The van der Waals surface area contributed by atoms with Crippen LogP contribution in [0.1, 0.15) is 36.5 Å². The molecule has 2 aromatic rings. The molecule has 0 aromatic heterocycles. The van der Waals surface area contributed by atoms with Gasteiger partial charge in [-0.15, -0.1) is 0 Å². The first-order valence-electron chi connectivity index (χ1n) is 6.38. The van der Waals surface area contributed by atoms with E-state index in [0.29, 0.717) is 11.5 Å². The van der Waals surface area contributed by atoms with E-state index in [1.54, 1.807) is 12.1 Å². The predicted molar refractivity (Wildman–Crippen MR) is 76.5 cm³/mol. The minimum Gasteiger partial charge on any atom is -0.457 e. The molecule has 2 nitrogen and oxygen atoms in total. The number of ether oxygens (including phenoxy) is 1. The molecule has 96 valence electrons. The van der Waals surface area contributed by atoms with Crippen molar-refractivity contribution in [3.63, 3.8) is 0 Å². The van der Waals surface area contributed by atoms with Gasteiger partial charge in [0, 0.05) is 0 Å². The molecule has 0 bridgehead atoms. The minimum absolute atomic E-state index is 0.476. The topological polar surface area (TPSA) is 33.0 Å². The lowest BCUT2D eigenvalue weighted by Gasteiger charge is -2.12. The van der Waals surface area contributed by atoms with E-state index in [-0.39, 0.29) is 0 Å². The zero-order valence-electron chi connectivity index (χ0n) is 11.5. The van der Waals surface area contributed by atoms with Crippen molar-refractivity contribution in [2.45, 2.75) is 26.7 Å². The maximum Gasteiger partial charge on any atom is 0.130 e. The Labute approximate surface area is 114 Å². The van der Waals surface area contributed by atoms with Gasteiger partial charge >= 0.3 is 0 Å². The SMILES string of the molecule is Cc1ccc(C(C)C)cc1Oc1ccc(C#N)cc1. The van der Waals surface area contributed by atoms with Gasteiger partial charge in [-0.2, -0.15) is 5.26 Å². The Morgan fingerprint density at radius 2 is 1.74 bits per heavy atom. The van der Waals surface area contributed by atoms with Gasteiger partial charge in [-0.3, -0.25) is 0 Å². The number of benzene rings is 2. The van der Waals surface area contributed by atoms with Crippen LogP contribution in [-0.4, -0.2) is 0 Å². The number of nitriles is 1. The summed E-state index contributed by atoms with van der Waals surface area (Å²) in [4.78, 5) is 0. The zero-order valence-corrected chi connectivity index (χ0v) is 11.5. The molecule has 2 rings (SSSR count). The molecule has 0 saturated heterocycles. The fraction of sp³-hybridized carbons (Fsp3) is 0.235. The fourth-order valence-electron chi connectivity index (χ4n) is 1.81. The number of aryl methyl sites for hydroxylation is 1. The highest BCUT2D eigenvalue weighted by molar-refractivity contribution is 5.42. The van der Waals surface area contributed by atoms with Crippen molar-refractivity contribution in [1.29, 1.82) is 5.26 Å². The molecule has 0 heterocycles. The highest BCUT2D eigenvalue weighted by Gasteiger charge is 2.06. The quantitative estimate of drug-likeness (QED) is 0.786. The van der Waals surface area contributed by atoms with E-state index in [1.165, 1.54) is 5.56 Å². The van der Waals surface area contributed by atoms with Crippen molar-refractivity contribution < 1.29 is 4.74 Å². The Kier molecular flexibility index (Phi) is 3.87. The monoisotopic (exact) mass is 251 g/mol. The van der Waals surface area contributed by atoms with Gasteiger partial charge < -0.3 is 4.74 Å². The molecule has 0 amide bonds. The lowest BCUT2D eigenvalue weighted by Crippen LogP contribution is -1.92. The first-order valence-corrected chi connectivity index (χ1v) is 6.38. The van der Waals surface area contributed by atoms with E-state index in [0.717, 1.165) is 17.1 Å². The highest BCUT2D eigenvalue weighted by atomic mass is 16.5. The molecule has 0 saturated carbocycles. The molecule has 19 heavy (non-hydrogen) atoms. The Morgan fingerprint density at radius 1 is 1.05 bits per heavy atom. The van der Waals surface area contributed by atoms with Crippen molar-refractivity contribution in [3.05, 3.63) is 59.2 Å². The molecule has 0 fully saturated rings. The van der Waals surface area contributed by atoms with Gasteiger partial charge in [-0.25, -0.2) is 0 Å². The third-order valence-corrected chi connectivity index (χ3v) is 3.09. The second-order valence-corrected chi connectivity index (χ2v) is 4.92. The van der Waals surface area contributed by atoms with E-state index < -0.39 is 0 Å². The van der Waals surface area contributed by atoms with Crippen LogP contribution in [0.4, 0.5) is 0 Å². The standard InChI is InChI=1S/C17H17NO/c1-12(2)15-7-4-13(3)17(10-15)19-16-8-5-14(11-18)6-9-16/h4-10,12H,1-3H3. The van der Waals surface area contributed by atoms with E-state index in [2.05, 4.69) is 38.1 Å². The average Bonchev–Trinajstić information content (AvgIpc) is 2.42. The number of nitrogens with zero attached hydrogens (tertiary/aromatic N) is 1. The summed E-state index contributed by atoms with van der Waals surface area (Å²) in [5.41, 5.74) is 3.00. The van der Waals surface area contributed by atoms with Crippen molar-refractivity contribution in [2.75, 3.05) is 0 Å². The third kappa shape index (κ3) is 3.14. The summed E-state index contributed by atoms with van der Waals surface area (Å²) in [5.74, 6) is 2.10. The largest absolute Gasteiger partial charge is 0.457 e. The third-order valence-electron chi connectivity index (χ3n) is 3.09. The normalized spacial score (nSPS) is 10.3. The first kappa shape index (κ1) is 13.2. The number of rotatable bonds is 3. The van der Waals surface area contributed by atoms with Crippen LogP contribution in [0.2, 0.25) is 0 Å². The summed E-state index contributed by atoms with van der Waals surface area (Å²) in [5, 5.41) is 8.77. The summed E-state index contributed by atoms with van der Waals surface area (Å²) in [6.07, 6.45) is 0. The molecule has 0 aliphatic heterocycles. The second kappa shape index (κ2) is 5.58. The van der Waals surface area contributed by atoms with Gasteiger partial charge in [-0.05, 0) is 54.3 Å². The van der Waals surface area contributed by atoms with Crippen molar-refractivity contribution in [3.8, 4) is 17.6 Å². The lowest BCUT2D eigenvalue weighted by molar-refractivity contribution is 0.477. The maximum absolute atomic E-state index is 8.77. The first-order chi connectivity index (χ1) is 9.10. The summed E-state index contributed by atoms with van der Waals surface area (Å²) in [6, 6.07) is 15.5. The van der Waals surface area contributed by atoms with Gasteiger partial charge in [0.1, 0.15) is 11.5 Å². The average molecular weight is 251 g/mol. The highest BCUT2D eigenvalue weighted by Crippen LogP contribution is 2.28. The van der Waals surface area contributed by atoms with E-state index in [4.69, 9.17) is 10.00 Å². The van der Waals surface area contributed by atoms with Crippen LogP contribution in [0, 0.1) is 18.3 Å². The molecule has 2 heteroatoms. The van der Waals surface area contributed by atoms with E-state index in [1.807, 2.05) is 19.1 Å². The van der Waals surface area contributed by atoms with Gasteiger partial charge in [0.15, 0.2) is 0 Å². The maximum atomic E-state index is 8.77. The summed E-state index contributed by atoms with van der Waals surface area (Å²) in [7, 11) is 0. The van der Waals surface area contributed by atoms with Crippen LogP contribution in [-0.2, 0) is 0 Å². The van der Waals surface area contributed by atoms with E-state index in [9.17, 15) is 0 Å². The van der Waals surface area contributed by atoms with Gasteiger partial charge in [-0.1, -0.05) is 26.0 Å². The van der Waals surface area contributed by atoms with Gasteiger partial charge in [0.05, 0.1) is 11.6 Å². The lowest BCUT2D eigenvalue weighted by atomic mass is 10.0. The molecule has 0 spiro atoms. The minimum atomic E-state index is 0.476. The van der Waals surface area contributed by atoms with Crippen molar-refractivity contribution in [2.24, 2.45) is 0 Å². The summed E-state index contributed by atoms with van der Waals surface area (Å²) >= 11 is 0. The van der Waals surface area contributed by atoms with E-state index >= 15 is 0 Å². The van der Waals surface area contributed by atoms with Gasteiger partial charge in [0.25, 0.3) is 0 Å². The Hall–Kier alpha value is -2.27. The van der Waals surface area contributed by atoms with Crippen LogP contribution < -0.4 is 4.74 Å². The molecule has 2 aromatic carbocycles. The summed E-state index contributed by atoms with van der Waals surface area (Å²) in [6.45, 7) is 6.36. The molecular formula is C17H17NO. The molecular weight excluding hydrogens is 234 g/mol. The van der Waals surface area contributed by atoms with Crippen molar-refractivity contribution >= 4 is 0 Å². The van der Waals surface area contributed by atoms with Crippen LogP contribution in [0.5, 0.6) is 11.5 Å².